The van der Waals surface area contributed by atoms with E-state index in [4.69, 9.17) is 0 Å². The Morgan fingerprint density at radius 2 is 1.69 bits per heavy atom. The topological polar surface area (TPSA) is 6.48 Å². The van der Waals surface area contributed by atoms with Crippen LogP contribution in [0.4, 0.5) is 21.5 Å². The molecule has 0 fully saturated rings. The first-order chi connectivity index (χ1) is 17.1. The summed E-state index contributed by atoms with van der Waals surface area (Å²) in [5.74, 6) is -0.211. The number of hydrogen-bond acceptors (Lipinski definition) is 2. The predicted octanol–water partition coefficient (Wildman–Crippen LogP) is 8.23. The molecule has 0 amide bonds. The van der Waals surface area contributed by atoms with Gasteiger partial charge in [0.25, 0.3) is 0 Å². The Kier molecular flexibility index (Phi) is 5.41. The Morgan fingerprint density at radius 3 is 2.46 bits per heavy atom. The number of para-hydroxylation sites is 2. The zero-order chi connectivity index (χ0) is 23.8. The van der Waals surface area contributed by atoms with Gasteiger partial charge in [-0.1, -0.05) is 54.6 Å². The van der Waals surface area contributed by atoms with Crippen molar-refractivity contribution >= 4 is 17.1 Å². The monoisotopic (exact) mass is 460 g/mol. The summed E-state index contributed by atoms with van der Waals surface area (Å²) in [5.41, 5.74) is 8.47. The first kappa shape index (κ1) is 21.7. The highest BCUT2D eigenvalue weighted by Crippen LogP contribution is 2.49. The number of benzene rings is 3. The summed E-state index contributed by atoms with van der Waals surface area (Å²) in [4.78, 5) is 4.82. The van der Waals surface area contributed by atoms with Gasteiger partial charge in [-0.15, -0.1) is 0 Å². The van der Waals surface area contributed by atoms with Crippen molar-refractivity contribution < 1.29 is 4.39 Å². The van der Waals surface area contributed by atoms with Crippen LogP contribution < -0.4 is 9.80 Å². The molecule has 1 atom stereocenters. The molecule has 0 saturated heterocycles. The van der Waals surface area contributed by atoms with Gasteiger partial charge in [-0.2, -0.15) is 0 Å². The number of nitrogens with zero attached hydrogens (tertiary/aromatic N) is 2. The number of allylic oxidation sites excluding steroid dienone is 5. The molecule has 3 aromatic carbocycles. The second-order valence-corrected chi connectivity index (χ2v) is 9.69. The maximum Gasteiger partial charge on any atom is 0.123 e. The third kappa shape index (κ3) is 3.81. The molecule has 1 unspecified atom stereocenters. The molecule has 0 N–H and O–H groups in total. The minimum atomic E-state index is -0.211. The zero-order valence-corrected chi connectivity index (χ0v) is 20.0. The molecule has 0 saturated carbocycles. The molecule has 0 spiro atoms. The van der Waals surface area contributed by atoms with Crippen LogP contribution in [0.5, 0.6) is 0 Å². The number of fused-ring (bicyclic) bond motifs is 2. The van der Waals surface area contributed by atoms with Crippen molar-refractivity contribution in [3.05, 3.63) is 138 Å². The smallest absolute Gasteiger partial charge is 0.123 e. The highest BCUT2D eigenvalue weighted by atomic mass is 19.1. The largest absolute Gasteiger partial charge is 0.331 e. The maximum atomic E-state index is 13.8. The third-order valence-electron chi connectivity index (χ3n) is 7.47. The minimum Gasteiger partial charge on any atom is -0.331 e. The SMILES string of the molecule is CC12CC=C(N(C3=CC=CCC3)c3ccc(F)cc3)C=C1Cc1ccccc1N2c1ccccc1. The lowest BCUT2D eigenvalue weighted by Crippen LogP contribution is -2.50. The molecule has 6 rings (SSSR count). The average molecular weight is 461 g/mol. The summed E-state index contributed by atoms with van der Waals surface area (Å²) in [6.07, 6.45) is 15.0. The maximum absolute atomic E-state index is 13.8. The van der Waals surface area contributed by atoms with Crippen LogP contribution in [0.1, 0.15) is 31.7 Å². The molecule has 1 heterocycles. The fourth-order valence-corrected chi connectivity index (χ4v) is 5.66. The van der Waals surface area contributed by atoms with Crippen LogP contribution in [0.3, 0.4) is 0 Å². The number of rotatable bonds is 4. The van der Waals surface area contributed by atoms with Gasteiger partial charge in [0.2, 0.25) is 0 Å². The van der Waals surface area contributed by atoms with Crippen LogP contribution in [0.15, 0.2) is 126 Å². The van der Waals surface area contributed by atoms with Gasteiger partial charge in [0.1, 0.15) is 5.82 Å². The lowest BCUT2D eigenvalue weighted by atomic mass is 9.75. The molecule has 0 radical (unpaired) electrons. The van der Waals surface area contributed by atoms with Crippen LogP contribution >= 0.6 is 0 Å². The van der Waals surface area contributed by atoms with Gasteiger partial charge in [-0.25, -0.2) is 4.39 Å². The van der Waals surface area contributed by atoms with Gasteiger partial charge in [-0.3, -0.25) is 0 Å². The molecule has 174 valence electrons. The lowest BCUT2D eigenvalue weighted by molar-refractivity contribution is 0.506. The van der Waals surface area contributed by atoms with Gasteiger partial charge < -0.3 is 9.80 Å². The van der Waals surface area contributed by atoms with Crippen LogP contribution in [-0.2, 0) is 6.42 Å². The summed E-state index contributed by atoms with van der Waals surface area (Å²) in [7, 11) is 0. The van der Waals surface area contributed by atoms with Crippen molar-refractivity contribution in [3.63, 3.8) is 0 Å². The Balaban J connectivity index is 1.47. The molecule has 3 aromatic rings. The first-order valence-electron chi connectivity index (χ1n) is 12.4. The van der Waals surface area contributed by atoms with E-state index in [1.165, 1.54) is 28.2 Å². The zero-order valence-electron chi connectivity index (χ0n) is 20.0. The van der Waals surface area contributed by atoms with Crippen molar-refractivity contribution in [2.24, 2.45) is 0 Å². The molecule has 2 aliphatic carbocycles. The molecular formula is C32H29FN2. The van der Waals surface area contributed by atoms with Gasteiger partial charge in [0.15, 0.2) is 0 Å². The van der Waals surface area contributed by atoms with Crippen molar-refractivity contribution in [1.29, 1.82) is 0 Å². The normalized spacial score (nSPS) is 20.9. The standard InChI is InChI=1S/C32H29FN2/c1-32-21-20-30(34(27-11-4-2-5-12-27)28-18-16-26(33)17-19-28)23-25(32)22-24-10-8-9-15-31(24)35(32)29-13-6-3-7-14-29/h2-4,6-11,13-20,23H,5,12,21-22H2,1H3. The lowest BCUT2D eigenvalue weighted by Gasteiger charge is -2.50. The van der Waals surface area contributed by atoms with Crippen LogP contribution in [-0.4, -0.2) is 5.54 Å². The quantitative estimate of drug-likeness (QED) is 0.387. The molecule has 3 heteroatoms. The van der Waals surface area contributed by atoms with Crippen LogP contribution in [0.25, 0.3) is 0 Å². The van der Waals surface area contributed by atoms with Crippen molar-refractivity contribution in [2.45, 2.75) is 38.1 Å². The Labute approximate surface area is 207 Å². The molecule has 3 aliphatic rings. The van der Waals surface area contributed by atoms with Gasteiger partial charge in [0, 0.05) is 28.5 Å². The second kappa shape index (κ2) is 8.74. The molecule has 0 aromatic heterocycles. The van der Waals surface area contributed by atoms with E-state index in [-0.39, 0.29) is 11.4 Å². The van der Waals surface area contributed by atoms with E-state index >= 15 is 0 Å². The van der Waals surface area contributed by atoms with E-state index in [2.05, 4.69) is 102 Å². The molecular weight excluding hydrogens is 431 g/mol. The summed E-state index contributed by atoms with van der Waals surface area (Å²) in [5, 5.41) is 0. The highest BCUT2D eigenvalue weighted by Gasteiger charge is 2.42. The fourth-order valence-electron chi connectivity index (χ4n) is 5.66. The Bertz CT molecular complexity index is 1360. The second-order valence-electron chi connectivity index (χ2n) is 9.69. The fraction of sp³-hybridized carbons (Fsp3) is 0.188. The van der Waals surface area contributed by atoms with Crippen LogP contribution in [0, 0.1) is 5.82 Å². The number of halogens is 1. The molecule has 0 bridgehead atoms. The number of anilines is 3. The Hall–Kier alpha value is -3.85. The van der Waals surface area contributed by atoms with E-state index in [0.29, 0.717) is 0 Å². The third-order valence-corrected chi connectivity index (χ3v) is 7.47. The minimum absolute atomic E-state index is 0.158. The van der Waals surface area contributed by atoms with Crippen molar-refractivity contribution in [3.8, 4) is 0 Å². The van der Waals surface area contributed by atoms with E-state index < -0.39 is 0 Å². The Morgan fingerprint density at radius 1 is 0.914 bits per heavy atom. The average Bonchev–Trinajstić information content (AvgIpc) is 2.90. The first-order valence-corrected chi connectivity index (χ1v) is 12.4. The van der Waals surface area contributed by atoms with Gasteiger partial charge >= 0.3 is 0 Å². The van der Waals surface area contributed by atoms with E-state index in [1.807, 2.05) is 12.1 Å². The summed E-state index contributed by atoms with van der Waals surface area (Å²) >= 11 is 0. The molecule has 1 aliphatic heterocycles. The van der Waals surface area contributed by atoms with Crippen molar-refractivity contribution in [2.75, 3.05) is 9.80 Å². The highest BCUT2D eigenvalue weighted by molar-refractivity contribution is 5.75. The van der Waals surface area contributed by atoms with E-state index in [0.717, 1.165) is 37.1 Å². The van der Waals surface area contributed by atoms with E-state index in [9.17, 15) is 4.39 Å². The van der Waals surface area contributed by atoms with Gasteiger partial charge in [-0.05, 0) is 98.4 Å². The summed E-state index contributed by atoms with van der Waals surface area (Å²) in [6, 6.07) is 26.3. The van der Waals surface area contributed by atoms with Crippen LogP contribution in [0.2, 0.25) is 0 Å². The van der Waals surface area contributed by atoms with Gasteiger partial charge in [0.05, 0.1) is 5.54 Å². The van der Waals surface area contributed by atoms with Crippen molar-refractivity contribution in [1.82, 2.24) is 0 Å². The van der Waals surface area contributed by atoms with E-state index in [1.54, 1.807) is 12.1 Å². The summed E-state index contributed by atoms with van der Waals surface area (Å²) in [6.45, 7) is 2.36. The number of hydrogen-bond donors (Lipinski definition) is 0. The molecule has 35 heavy (non-hydrogen) atoms. The predicted molar refractivity (Wildman–Crippen MR) is 143 cm³/mol. The summed E-state index contributed by atoms with van der Waals surface area (Å²) < 4.78 is 13.8. The molecule has 2 nitrogen and oxygen atoms in total.